The highest BCUT2D eigenvalue weighted by atomic mass is 16.4. The third kappa shape index (κ3) is 2.21. The number of nitrogens with zero attached hydrogens (tertiary/aromatic N) is 1. The molecule has 1 saturated carbocycles. The van der Waals surface area contributed by atoms with E-state index in [1.807, 2.05) is 0 Å². The fourth-order valence-electron chi connectivity index (χ4n) is 1.98. The molecule has 0 aromatic carbocycles. The lowest BCUT2D eigenvalue weighted by Crippen LogP contribution is -2.33. The van der Waals surface area contributed by atoms with Gasteiger partial charge in [0.25, 0.3) is 5.91 Å². The number of carbonyl (C=O) groups excluding carboxylic acids is 1. The number of hydrogen-bond donors (Lipinski definition) is 3. The summed E-state index contributed by atoms with van der Waals surface area (Å²) in [5, 5.41) is 17.9. The number of carboxylic acids is 1. The fourth-order valence-corrected chi connectivity index (χ4v) is 1.98. The van der Waals surface area contributed by atoms with Gasteiger partial charge in [-0.1, -0.05) is 0 Å². The fraction of sp³-hybridized carbons (Fsp3) is 0.500. The summed E-state index contributed by atoms with van der Waals surface area (Å²) in [6, 6.07) is 1.54. The molecule has 86 valence electrons. The SMILES string of the molecule is O=C(NC1CCC(C(=O)O)C1)c1ccn[nH]1. The highest BCUT2D eigenvalue weighted by Gasteiger charge is 2.30. The van der Waals surface area contributed by atoms with E-state index in [4.69, 9.17) is 5.11 Å². The van der Waals surface area contributed by atoms with Crippen molar-refractivity contribution in [2.75, 3.05) is 0 Å². The number of nitrogens with one attached hydrogen (secondary N) is 2. The monoisotopic (exact) mass is 223 g/mol. The Morgan fingerprint density at radius 1 is 1.50 bits per heavy atom. The van der Waals surface area contributed by atoms with E-state index in [9.17, 15) is 9.59 Å². The number of hydrogen-bond acceptors (Lipinski definition) is 3. The summed E-state index contributed by atoms with van der Waals surface area (Å²) in [7, 11) is 0. The van der Waals surface area contributed by atoms with Crippen LogP contribution in [0.1, 0.15) is 29.8 Å². The van der Waals surface area contributed by atoms with Crippen LogP contribution in [-0.2, 0) is 4.79 Å². The van der Waals surface area contributed by atoms with E-state index in [0.29, 0.717) is 18.5 Å². The second-order valence-electron chi connectivity index (χ2n) is 3.99. The molecule has 1 aliphatic rings. The predicted octanol–water partition coefficient (Wildman–Crippen LogP) is 0.393. The van der Waals surface area contributed by atoms with Crippen LogP contribution in [0, 0.1) is 5.92 Å². The first-order chi connectivity index (χ1) is 7.66. The van der Waals surface area contributed by atoms with E-state index >= 15 is 0 Å². The van der Waals surface area contributed by atoms with Crippen LogP contribution in [0.4, 0.5) is 0 Å². The number of aliphatic carboxylic acids is 1. The second-order valence-corrected chi connectivity index (χ2v) is 3.99. The van der Waals surface area contributed by atoms with Gasteiger partial charge in [0, 0.05) is 12.2 Å². The van der Waals surface area contributed by atoms with E-state index in [2.05, 4.69) is 15.5 Å². The van der Waals surface area contributed by atoms with Crippen LogP contribution in [0.2, 0.25) is 0 Å². The molecule has 6 heteroatoms. The number of aromatic amines is 1. The Morgan fingerprint density at radius 3 is 2.88 bits per heavy atom. The van der Waals surface area contributed by atoms with Crippen LogP contribution in [0.5, 0.6) is 0 Å². The van der Waals surface area contributed by atoms with E-state index in [0.717, 1.165) is 6.42 Å². The third-order valence-corrected chi connectivity index (χ3v) is 2.86. The Kier molecular flexibility index (Phi) is 2.89. The number of aromatic nitrogens is 2. The van der Waals surface area contributed by atoms with E-state index in [-0.39, 0.29) is 17.9 Å². The lowest BCUT2D eigenvalue weighted by molar-refractivity contribution is -0.141. The van der Waals surface area contributed by atoms with Crippen LogP contribution in [0.15, 0.2) is 12.3 Å². The largest absolute Gasteiger partial charge is 0.481 e. The molecule has 1 heterocycles. The van der Waals surface area contributed by atoms with Crippen LogP contribution < -0.4 is 5.32 Å². The standard InChI is InChI=1S/C10H13N3O3/c14-9(8-3-4-11-13-8)12-7-2-1-6(5-7)10(15)16/h3-4,6-7H,1-2,5H2,(H,11,13)(H,12,14)(H,15,16). The van der Waals surface area contributed by atoms with Crippen molar-refractivity contribution in [3.05, 3.63) is 18.0 Å². The summed E-state index contributed by atoms with van der Waals surface area (Å²) < 4.78 is 0. The van der Waals surface area contributed by atoms with Gasteiger partial charge in [0.15, 0.2) is 0 Å². The molecule has 1 aromatic rings. The molecule has 0 aliphatic heterocycles. The van der Waals surface area contributed by atoms with E-state index in [1.54, 1.807) is 6.07 Å². The summed E-state index contributed by atoms with van der Waals surface area (Å²) in [6.45, 7) is 0. The lowest BCUT2D eigenvalue weighted by atomic mass is 10.1. The molecule has 1 fully saturated rings. The van der Waals surface area contributed by atoms with Crippen molar-refractivity contribution in [3.63, 3.8) is 0 Å². The molecular weight excluding hydrogens is 210 g/mol. The van der Waals surface area contributed by atoms with E-state index < -0.39 is 5.97 Å². The van der Waals surface area contributed by atoms with Crippen molar-refractivity contribution in [1.82, 2.24) is 15.5 Å². The molecule has 1 aliphatic carbocycles. The summed E-state index contributed by atoms with van der Waals surface area (Å²) >= 11 is 0. The normalized spacial score (nSPS) is 24.2. The maximum Gasteiger partial charge on any atom is 0.306 e. The first-order valence-electron chi connectivity index (χ1n) is 5.20. The minimum Gasteiger partial charge on any atom is -0.481 e. The van der Waals surface area contributed by atoms with Gasteiger partial charge in [-0.3, -0.25) is 14.7 Å². The van der Waals surface area contributed by atoms with Gasteiger partial charge in [0.05, 0.1) is 5.92 Å². The Bertz CT molecular complexity index is 388. The van der Waals surface area contributed by atoms with Crippen molar-refractivity contribution >= 4 is 11.9 Å². The molecule has 3 N–H and O–H groups in total. The predicted molar refractivity (Wildman–Crippen MR) is 54.8 cm³/mol. The minimum atomic E-state index is -0.779. The van der Waals surface area contributed by atoms with Crippen molar-refractivity contribution in [2.45, 2.75) is 25.3 Å². The van der Waals surface area contributed by atoms with E-state index in [1.165, 1.54) is 6.20 Å². The lowest BCUT2D eigenvalue weighted by Gasteiger charge is -2.11. The first kappa shape index (κ1) is 10.7. The third-order valence-electron chi connectivity index (χ3n) is 2.86. The van der Waals surface area contributed by atoms with Gasteiger partial charge in [0.1, 0.15) is 5.69 Å². The van der Waals surface area contributed by atoms with Gasteiger partial charge in [0.2, 0.25) is 0 Å². The van der Waals surface area contributed by atoms with Crippen LogP contribution in [0.25, 0.3) is 0 Å². The van der Waals surface area contributed by atoms with Gasteiger partial charge in [-0.05, 0) is 25.3 Å². The zero-order valence-electron chi connectivity index (χ0n) is 8.64. The van der Waals surface area contributed by atoms with Gasteiger partial charge in [-0.2, -0.15) is 5.10 Å². The Labute approximate surface area is 92.0 Å². The summed E-state index contributed by atoms with van der Waals surface area (Å²) in [4.78, 5) is 22.3. The van der Waals surface area contributed by atoms with Crippen molar-refractivity contribution in [2.24, 2.45) is 5.92 Å². The average Bonchev–Trinajstić information content (AvgIpc) is 2.87. The van der Waals surface area contributed by atoms with Gasteiger partial charge in [-0.15, -0.1) is 0 Å². The maximum atomic E-state index is 11.6. The molecule has 2 rings (SSSR count). The Morgan fingerprint density at radius 2 is 2.31 bits per heavy atom. The zero-order valence-corrected chi connectivity index (χ0v) is 8.64. The highest BCUT2D eigenvalue weighted by molar-refractivity contribution is 5.92. The van der Waals surface area contributed by atoms with Crippen molar-refractivity contribution < 1.29 is 14.7 Å². The van der Waals surface area contributed by atoms with Gasteiger partial charge < -0.3 is 10.4 Å². The molecule has 0 bridgehead atoms. The molecule has 1 amide bonds. The summed E-state index contributed by atoms with van der Waals surface area (Å²) in [5.41, 5.74) is 0.402. The maximum absolute atomic E-state index is 11.6. The first-order valence-corrected chi connectivity index (χ1v) is 5.20. The van der Waals surface area contributed by atoms with Crippen molar-refractivity contribution in [1.29, 1.82) is 0 Å². The number of H-pyrrole nitrogens is 1. The molecular formula is C10H13N3O3. The molecule has 0 radical (unpaired) electrons. The van der Waals surface area contributed by atoms with Crippen molar-refractivity contribution in [3.8, 4) is 0 Å². The molecule has 2 unspecified atom stereocenters. The molecule has 1 aromatic heterocycles. The number of carbonyl (C=O) groups is 2. The van der Waals surface area contributed by atoms with Crippen LogP contribution in [0.3, 0.4) is 0 Å². The summed E-state index contributed by atoms with van der Waals surface area (Å²) in [5.74, 6) is -1.33. The Balaban J connectivity index is 1.88. The van der Waals surface area contributed by atoms with Gasteiger partial charge >= 0.3 is 5.97 Å². The smallest absolute Gasteiger partial charge is 0.306 e. The topological polar surface area (TPSA) is 95.1 Å². The molecule has 16 heavy (non-hydrogen) atoms. The number of amides is 1. The van der Waals surface area contributed by atoms with Crippen LogP contribution >= 0.6 is 0 Å². The molecule has 0 spiro atoms. The average molecular weight is 223 g/mol. The second kappa shape index (κ2) is 4.34. The van der Waals surface area contributed by atoms with Crippen LogP contribution in [-0.4, -0.2) is 33.2 Å². The zero-order chi connectivity index (χ0) is 11.5. The summed E-state index contributed by atoms with van der Waals surface area (Å²) in [6.07, 6.45) is 3.36. The highest BCUT2D eigenvalue weighted by Crippen LogP contribution is 2.25. The molecule has 2 atom stereocenters. The van der Waals surface area contributed by atoms with Gasteiger partial charge in [-0.25, -0.2) is 0 Å². The molecule has 0 saturated heterocycles. The number of rotatable bonds is 3. The minimum absolute atomic E-state index is 0.0445. The quantitative estimate of drug-likeness (QED) is 0.690. The molecule has 6 nitrogen and oxygen atoms in total. The Hall–Kier alpha value is -1.85. The number of carboxylic acid groups (broad SMARTS) is 1.